The van der Waals surface area contributed by atoms with Crippen molar-refractivity contribution in [1.29, 1.82) is 0 Å². The van der Waals surface area contributed by atoms with Gasteiger partial charge in [-0.3, -0.25) is 9.18 Å². The average molecular weight is 706 g/mol. The van der Waals surface area contributed by atoms with E-state index < -0.39 is 54.1 Å². The fourth-order valence-electron chi connectivity index (χ4n) is 5.07. The van der Waals surface area contributed by atoms with Crippen molar-refractivity contribution in [2.45, 2.75) is 129 Å². The van der Waals surface area contributed by atoms with Crippen LogP contribution in [-0.2, 0) is 30.3 Å². The van der Waals surface area contributed by atoms with E-state index in [9.17, 15) is 23.9 Å². The number of esters is 2. The zero-order valence-electron chi connectivity index (χ0n) is 30.6. The first kappa shape index (κ1) is 44.0. The summed E-state index contributed by atoms with van der Waals surface area (Å²) in [6, 6.07) is 5.81. The van der Waals surface area contributed by atoms with Gasteiger partial charge in [0.15, 0.2) is 5.60 Å². The van der Waals surface area contributed by atoms with Crippen LogP contribution in [-0.4, -0.2) is 72.1 Å². The number of aliphatic hydroxyl groups is 1. The van der Waals surface area contributed by atoms with E-state index in [0.29, 0.717) is 17.7 Å². The number of rotatable bonds is 25. The Morgan fingerprint density at radius 2 is 1.63 bits per heavy atom. The minimum atomic E-state index is -2.50. The van der Waals surface area contributed by atoms with Gasteiger partial charge in [-0.15, -0.1) is 5.92 Å². The second-order valence-electron chi connectivity index (χ2n) is 13.1. The molecule has 3 atom stereocenters. The number of carbonyl (C=O) groups is 3. The highest BCUT2D eigenvalue weighted by Gasteiger charge is 2.49. The molecule has 0 aliphatic rings. The van der Waals surface area contributed by atoms with E-state index in [2.05, 4.69) is 24.1 Å². The summed E-state index contributed by atoms with van der Waals surface area (Å²) >= 11 is 2.01. The lowest BCUT2D eigenvalue weighted by Crippen LogP contribution is -2.56. The minimum absolute atomic E-state index is 0.0645. The van der Waals surface area contributed by atoms with Crippen LogP contribution in [0.1, 0.15) is 111 Å². The lowest BCUT2D eigenvalue weighted by Gasteiger charge is -2.34. The van der Waals surface area contributed by atoms with Crippen molar-refractivity contribution in [3.05, 3.63) is 42.0 Å². The molecule has 1 amide bonds. The Labute approximate surface area is 298 Å². The fraction of sp³-hybridized carbons (Fsp3) is 0.667. The summed E-state index contributed by atoms with van der Waals surface area (Å²) in [4.78, 5) is 39.9. The van der Waals surface area contributed by atoms with E-state index in [1.54, 1.807) is 58.0 Å². The summed E-state index contributed by atoms with van der Waals surface area (Å²) in [7, 11) is 1.21. The Morgan fingerprint density at radius 3 is 2.20 bits per heavy atom. The monoisotopic (exact) mass is 705 g/mol. The molecule has 10 heteroatoms. The minimum Gasteiger partial charge on any atom is -0.481 e. The number of methoxy groups -OCH3 is 1. The van der Waals surface area contributed by atoms with Crippen molar-refractivity contribution in [3.63, 3.8) is 0 Å². The SMILES string of the molecule is CC#CCOc1ccc(C[C@H](NC(=O)[C@@H](/C=C/CCCCCCSCCCCCCC)[C@@](O)(CCF)C(=O)OC(C)(C)C)C(=O)OC)cc1. The molecular formula is C39H60FNO7S. The van der Waals surface area contributed by atoms with E-state index in [1.165, 1.54) is 51.0 Å². The Balaban J connectivity index is 3.00. The van der Waals surface area contributed by atoms with Crippen molar-refractivity contribution < 1.29 is 38.1 Å². The van der Waals surface area contributed by atoms with Crippen LogP contribution in [0.5, 0.6) is 5.75 Å². The first-order valence-corrected chi connectivity index (χ1v) is 18.8. The Kier molecular flexibility index (Phi) is 22.4. The first-order chi connectivity index (χ1) is 23.4. The summed E-state index contributed by atoms with van der Waals surface area (Å²) in [5.41, 5.74) is -2.79. The molecule has 276 valence electrons. The molecule has 0 spiro atoms. The van der Waals surface area contributed by atoms with Gasteiger partial charge < -0.3 is 24.6 Å². The summed E-state index contributed by atoms with van der Waals surface area (Å²) in [5.74, 6) is 4.36. The summed E-state index contributed by atoms with van der Waals surface area (Å²) in [5, 5.41) is 14.3. The van der Waals surface area contributed by atoms with Gasteiger partial charge in [-0.25, -0.2) is 9.59 Å². The van der Waals surface area contributed by atoms with Crippen molar-refractivity contribution in [3.8, 4) is 17.6 Å². The molecule has 0 aliphatic carbocycles. The van der Waals surface area contributed by atoms with Crippen LogP contribution in [0.2, 0.25) is 0 Å². The molecular weight excluding hydrogens is 645 g/mol. The number of alkyl halides is 1. The molecule has 0 saturated heterocycles. The molecule has 0 heterocycles. The van der Waals surface area contributed by atoms with Gasteiger partial charge in [0.05, 0.1) is 19.7 Å². The van der Waals surface area contributed by atoms with Crippen LogP contribution < -0.4 is 10.1 Å². The van der Waals surface area contributed by atoms with Crippen molar-refractivity contribution in [2.24, 2.45) is 5.92 Å². The second kappa shape index (κ2) is 25.0. The van der Waals surface area contributed by atoms with Gasteiger partial charge in [-0.2, -0.15) is 11.8 Å². The van der Waals surface area contributed by atoms with E-state index in [1.807, 2.05) is 11.8 Å². The predicted molar refractivity (Wildman–Crippen MR) is 196 cm³/mol. The molecule has 1 rings (SSSR count). The molecule has 0 bridgehead atoms. The molecule has 49 heavy (non-hydrogen) atoms. The van der Waals surface area contributed by atoms with E-state index >= 15 is 0 Å². The zero-order valence-corrected chi connectivity index (χ0v) is 31.4. The summed E-state index contributed by atoms with van der Waals surface area (Å²) < 4.78 is 29.8. The van der Waals surface area contributed by atoms with Gasteiger partial charge in [0.2, 0.25) is 5.91 Å². The third-order valence-corrected chi connectivity index (χ3v) is 8.96. The van der Waals surface area contributed by atoms with E-state index in [-0.39, 0.29) is 13.0 Å². The van der Waals surface area contributed by atoms with Gasteiger partial charge in [-0.1, -0.05) is 75.7 Å². The predicted octanol–water partition coefficient (Wildman–Crippen LogP) is 7.55. The second-order valence-corrected chi connectivity index (χ2v) is 14.4. The highest BCUT2D eigenvalue weighted by molar-refractivity contribution is 7.99. The number of unbranched alkanes of at least 4 members (excludes halogenated alkanes) is 8. The number of hydrogen-bond donors (Lipinski definition) is 2. The molecule has 2 N–H and O–H groups in total. The molecule has 0 unspecified atom stereocenters. The maximum absolute atomic E-state index is 13.9. The van der Waals surface area contributed by atoms with Crippen LogP contribution in [0.25, 0.3) is 0 Å². The van der Waals surface area contributed by atoms with Gasteiger partial charge in [0.25, 0.3) is 0 Å². The van der Waals surface area contributed by atoms with Gasteiger partial charge in [0, 0.05) is 12.8 Å². The van der Waals surface area contributed by atoms with Crippen LogP contribution in [0.15, 0.2) is 36.4 Å². The number of amides is 1. The molecule has 0 saturated carbocycles. The van der Waals surface area contributed by atoms with E-state index in [0.717, 1.165) is 31.4 Å². The average Bonchev–Trinajstić information content (AvgIpc) is 3.06. The molecule has 1 aromatic carbocycles. The number of hydrogen-bond acceptors (Lipinski definition) is 8. The van der Waals surface area contributed by atoms with E-state index in [4.69, 9.17) is 14.2 Å². The van der Waals surface area contributed by atoms with Crippen molar-refractivity contribution >= 4 is 29.6 Å². The molecule has 0 aromatic heterocycles. The Hall–Kier alpha value is -3.03. The van der Waals surface area contributed by atoms with Gasteiger partial charge in [0.1, 0.15) is 24.0 Å². The normalized spacial score (nSPS) is 13.9. The molecule has 0 fully saturated rings. The lowest BCUT2D eigenvalue weighted by molar-refractivity contribution is -0.184. The number of allylic oxidation sites excluding steroid dienone is 1. The topological polar surface area (TPSA) is 111 Å². The number of thioether (sulfide) groups is 1. The van der Waals surface area contributed by atoms with Gasteiger partial charge in [-0.05, 0) is 82.6 Å². The number of ether oxygens (including phenoxy) is 3. The van der Waals surface area contributed by atoms with Crippen LogP contribution >= 0.6 is 11.8 Å². The van der Waals surface area contributed by atoms with Crippen LogP contribution in [0.3, 0.4) is 0 Å². The number of nitrogens with one attached hydrogen (secondary N) is 1. The smallest absolute Gasteiger partial charge is 0.339 e. The summed E-state index contributed by atoms with van der Waals surface area (Å²) in [6.45, 7) is 7.99. The zero-order chi connectivity index (χ0) is 36.5. The Bertz CT molecular complexity index is 1190. The highest BCUT2D eigenvalue weighted by atomic mass is 32.2. The van der Waals surface area contributed by atoms with Gasteiger partial charge >= 0.3 is 11.9 Å². The fourth-order valence-corrected chi connectivity index (χ4v) is 6.09. The Morgan fingerprint density at radius 1 is 1.00 bits per heavy atom. The lowest BCUT2D eigenvalue weighted by atomic mass is 9.82. The van der Waals surface area contributed by atoms with Crippen LogP contribution in [0.4, 0.5) is 4.39 Å². The van der Waals surface area contributed by atoms with Crippen LogP contribution in [0, 0.1) is 17.8 Å². The first-order valence-electron chi connectivity index (χ1n) is 17.7. The maximum Gasteiger partial charge on any atom is 0.339 e. The largest absolute Gasteiger partial charge is 0.481 e. The molecule has 1 aromatic rings. The molecule has 8 nitrogen and oxygen atoms in total. The third kappa shape index (κ3) is 18.5. The van der Waals surface area contributed by atoms with Crippen molar-refractivity contribution in [2.75, 3.05) is 31.9 Å². The quantitative estimate of drug-likeness (QED) is 0.0465. The molecule has 0 aliphatic heterocycles. The summed E-state index contributed by atoms with van der Waals surface area (Å²) in [6.07, 6.45) is 13.7. The highest BCUT2D eigenvalue weighted by Crippen LogP contribution is 2.29. The third-order valence-electron chi connectivity index (χ3n) is 7.81. The van der Waals surface area contributed by atoms with Crippen molar-refractivity contribution in [1.82, 2.24) is 5.32 Å². The maximum atomic E-state index is 13.9. The number of benzene rings is 1. The number of halogens is 1. The molecule has 0 radical (unpaired) electrons. The number of carbonyl (C=O) groups excluding carboxylic acids is 3. The standard InChI is InChI=1S/C39H60FNO7S/c1-7-9-11-15-18-28-49-29-19-16-13-12-14-17-20-33(39(45,25-26-40)37(44)48-38(3,4)5)35(42)41-34(36(43)46-6)30-31-21-23-32(24-22-31)47-27-10-8-2/h17,20-24,33-34,45H,7,9,11-16,18-19,25-30H2,1-6H3,(H,41,42)/b20-17+/t33-,34+,39+/m1/s1.